The standard InChI is InChI=1S/C15H15I/c16-15-13(9-4-2-1-3-5-9)12-10-6-7-11(8-10)14(12)15/h1-5,10-12,14H,6-8H2/t10-,11+,12-,14-/m1/s1. The third-order valence-corrected chi connectivity index (χ3v) is 6.18. The van der Waals surface area contributed by atoms with E-state index in [1.807, 2.05) is 0 Å². The summed E-state index contributed by atoms with van der Waals surface area (Å²) < 4.78 is 1.68. The number of hydrogen-bond donors (Lipinski definition) is 0. The fourth-order valence-electron chi connectivity index (χ4n) is 4.26. The van der Waals surface area contributed by atoms with Crippen molar-refractivity contribution in [2.24, 2.45) is 23.7 Å². The molecule has 3 aliphatic carbocycles. The van der Waals surface area contributed by atoms with Crippen LogP contribution in [0.25, 0.3) is 5.57 Å². The lowest BCUT2D eigenvalue weighted by molar-refractivity contribution is 0.296. The number of benzene rings is 1. The maximum atomic E-state index is 2.61. The molecule has 4 atom stereocenters. The van der Waals surface area contributed by atoms with Crippen molar-refractivity contribution in [3.05, 3.63) is 39.5 Å². The quantitative estimate of drug-likeness (QED) is 0.668. The number of rotatable bonds is 1. The van der Waals surface area contributed by atoms with Gasteiger partial charge < -0.3 is 0 Å². The maximum absolute atomic E-state index is 2.61. The molecule has 3 aliphatic rings. The third-order valence-electron chi connectivity index (χ3n) is 4.88. The summed E-state index contributed by atoms with van der Waals surface area (Å²) >= 11 is 2.61. The fraction of sp³-hybridized carbons (Fsp3) is 0.467. The molecule has 0 spiro atoms. The molecule has 0 heterocycles. The number of hydrogen-bond acceptors (Lipinski definition) is 0. The Labute approximate surface area is 110 Å². The van der Waals surface area contributed by atoms with E-state index in [1.165, 1.54) is 24.8 Å². The topological polar surface area (TPSA) is 0 Å². The zero-order valence-electron chi connectivity index (χ0n) is 9.20. The monoisotopic (exact) mass is 322 g/mol. The lowest BCUT2D eigenvalue weighted by atomic mass is 9.65. The highest BCUT2D eigenvalue weighted by molar-refractivity contribution is 14.1. The van der Waals surface area contributed by atoms with Gasteiger partial charge in [0.1, 0.15) is 0 Å². The summed E-state index contributed by atoms with van der Waals surface area (Å²) in [5.74, 6) is 3.93. The van der Waals surface area contributed by atoms with Crippen LogP contribution in [0.15, 0.2) is 33.9 Å². The van der Waals surface area contributed by atoms with Crippen molar-refractivity contribution in [3.8, 4) is 0 Å². The lowest BCUT2D eigenvalue weighted by Gasteiger charge is -2.43. The Hall–Kier alpha value is -0.310. The van der Waals surface area contributed by atoms with E-state index in [0.29, 0.717) is 0 Å². The van der Waals surface area contributed by atoms with Gasteiger partial charge in [-0.2, -0.15) is 0 Å². The second-order valence-corrected chi connectivity index (χ2v) is 6.67. The largest absolute Gasteiger partial charge is 0.0622 e. The molecule has 0 saturated heterocycles. The molecule has 0 N–H and O–H groups in total. The summed E-state index contributed by atoms with van der Waals surface area (Å²) in [5.41, 5.74) is 3.18. The Balaban J connectivity index is 1.78. The van der Waals surface area contributed by atoms with E-state index in [4.69, 9.17) is 0 Å². The second kappa shape index (κ2) is 3.34. The molecule has 0 aromatic heterocycles. The van der Waals surface area contributed by atoms with Gasteiger partial charge in [-0.3, -0.25) is 0 Å². The number of fused-ring (bicyclic) bond motifs is 5. The molecule has 0 radical (unpaired) electrons. The molecule has 2 fully saturated rings. The van der Waals surface area contributed by atoms with E-state index in [9.17, 15) is 0 Å². The SMILES string of the molecule is IC1=C(c2ccccc2)[C@H]2[C@@H]3CC[C@@H](C3)[C@@H]12. The van der Waals surface area contributed by atoms with E-state index in [0.717, 1.165) is 23.7 Å². The minimum absolute atomic E-state index is 0.924. The van der Waals surface area contributed by atoms with Crippen molar-refractivity contribution in [3.63, 3.8) is 0 Å². The van der Waals surface area contributed by atoms with Crippen LogP contribution in [0.2, 0.25) is 0 Å². The van der Waals surface area contributed by atoms with E-state index >= 15 is 0 Å². The van der Waals surface area contributed by atoms with Crippen molar-refractivity contribution < 1.29 is 0 Å². The van der Waals surface area contributed by atoms with Gasteiger partial charge in [0.2, 0.25) is 0 Å². The smallest absolute Gasteiger partial charge is 0.0000315 e. The average Bonchev–Trinajstić information content (AvgIpc) is 2.87. The highest BCUT2D eigenvalue weighted by Gasteiger charge is 2.56. The molecule has 16 heavy (non-hydrogen) atoms. The lowest BCUT2D eigenvalue weighted by Crippen LogP contribution is -2.32. The highest BCUT2D eigenvalue weighted by atomic mass is 127. The molecule has 2 saturated carbocycles. The molecule has 1 heteroatoms. The fourth-order valence-corrected chi connectivity index (χ4v) is 5.83. The van der Waals surface area contributed by atoms with Crippen molar-refractivity contribution in [1.29, 1.82) is 0 Å². The van der Waals surface area contributed by atoms with Gasteiger partial charge in [-0.1, -0.05) is 30.3 Å². The summed E-state index contributed by atoms with van der Waals surface area (Å²) in [5, 5.41) is 0. The molecular weight excluding hydrogens is 307 g/mol. The van der Waals surface area contributed by atoms with E-state index in [-0.39, 0.29) is 0 Å². The van der Waals surface area contributed by atoms with Gasteiger partial charge in [-0.25, -0.2) is 0 Å². The van der Waals surface area contributed by atoms with Gasteiger partial charge >= 0.3 is 0 Å². The van der Waals surface area contributed by atoms with Crippen LogP contribution in [0, 0.1) is 23.7 Å². The van der Waals surface area contributed by atoms with Crippen molar-refractivity contribution in [1.82, 2.24) is 0 Å². The molecule has 1 aromatic rings. The van der Waals surface area contributed by atoms with Gasteiger partial charge in [-0.05, 0) is 80.2 Å². The first-order valence-corrected chi connectivity index (χ1v) is 7.39. The first-order valence-electron chi connectivity index (χ1n) is 6.31. The summed E-state index contributed by atoms with van der Waals surface area (Å²) in [6, 6.07) is 11.0. The molecule has 1 aromatic carbocycles. The molecule has 82 valence electrons. The van der Waals surface area contributed by atoms with Crippen molar-refractivity contribution >= 4 is 28.2 Å². The zero-order chi connectivity index (χ0) is 10.7. The highest BCUT2D eigenvalue weighted by Crippen LogP contribution is 2.67. The van der Waals surface area contributed by atoms with Crippen LogP contribution in [0.3, 0.4) is 0 Å². The van der Waals surface area contributed by atoms with Crippen molar-refractivity contribution in [2.45, 2.75) is 19.3 Å². The minimum atomic E-state index is 0.924. The molecule has 4 rings (SSSR count). The second-order valence-electron chi connectivity index (χ2n) is 5.51. The van der Waals surface area contributed by atoms with Gasteiger partial charge in [0, 0.05) is 0 Å². The Morgan fingerprint density at radius 3 is 2.38 bits per heavy atom. The van der Waals surface area contributed by atoms with Crippen LogP contribution in [0.1, 0.15) is 24.8 Å². The summed E-state index contributed by atoms with van der Waals surface area (Å²) in [6.45, 7) is 0. The summed E-state index contributed by atoms with van der Waals surface area (Å²) in [4.78, 5) is 0. The zero-order valence-corrected chi connectivity index (χ0v) is 11.4. The van der Waals surface area contributed by atoms with E-state index in [2.05, 4.69) is 52.9 Å². The Bertz CT molecular complexity index is 460. The number of allylic oxidation sites excluding steroid dienone is 2. The van der Waals surface area contributed by atoms with Gasteiger partial charge in [0.25, 0.3) is 0 Å². The first kappa shape index (κ1) is 9.69. The van der Waals surface area contributed by atoms with Crippen molar-refractivity contribution in [2.75, 3.05) is 0 Å². The Morgan fingerprint density at radius 2 is 1.62 bits per heavy atom. The summed E-state index contributed by atoms with van der Waals surface area (Å²) in [6.07, 6.45) is 4.50. The van der Waals surface area contributed by atoms with Crippen LogP contribution in [-0.2, 0) is 0 Å². The van der Waals surface area contributed by atoms with Gasteiger partial charge in [-0.15, -0.1) is 0 Å². The van der Waals surface area contributed by atoms with Gasteiger partial charge in [0.05, 0.1) is 0 Å². The van der Waals surface area contributed by atoms with Gasteiger partial charge in [0.15, 0.2) is 0 Å². The third kappa shape index (κ3) is 1.10. The van der Waals surface area contributed by atoms with Crippen LogP contribution in [-0.4, -0.2) is 0 Å². The number of halogens is 1. The van der Waals surface area contributed by atoms with E-state index < -0.39 is 0 Å². The normalized spacial score (nSPS) is 39.8. The summed E-state index contributed by atoms with van der Waals surface area (Å²) in [7, 11) is 0. The molecule has 0 amide bonds. The van der Waals surface area contributed by atoms with Crippen LogP contribution in [0.5, 0.6) is 0 Å². The molecule has 2 bridgehead atoms. The molecule has 0 unspecified atom stereocenters. The van der Waals surface area contributed by atoms with E-state index in [1.54, 1.807) is 9.15 Å². The predicted octanol–water partition coefficient (Wildman–Crippen LogP) is 4.51. The van der Waals surface area contributed by atoms with Crippen LogP contribution >= 0.6 is 22.6 Å². The van der Waals surface area contributed by atoms with Crippen LogP contribution in [0.4, 0.5) is 0 Å². The molecule has 0 aliphatic heterocycles. The molecule has 0 nitrogen and oxygen atoms in total. The average molecular weight is 322 g/mol. The first-order chi connectivity index (χ1) is 7.86. The maximum Gasteiger partial charge on any atom is -0.0000315 e. The predicted molar refractivity (Wildman–Crippen MR) is 75.2 cm³/mol. The Morgan fingerprint density at radius 1 is 0.938 bits per heavy atom. The minimum Gasteiger partial charge on any atom is -0.0622 e. The van der Waals surface area contributed by atoms with Crippen LogP contribution < -0.4 is 0 Å². The Kier molecular flexibility index (Phi) is 2.03. The molecular formula is C15H15I.